The van der Waals surface area contributed by atoms with Crippen LogP contribution in [0.2, 0.25) is 0 Å². The number of hydrogen-bond acceptors (Lipinski definition) is 3. The second kappa shape index (κ2) is 7.32. The average molecular weight is 351 g/mol. The molecule has 0 saturated carbocycles. The monoisotopic (exact) mass is 351 g/mol. The highest BCUT2D eigenvalue weighted by Crippen LogP contribution is 2.25. The van der Waals surface area contributed by atoms with Crippen LogP contribution in [0.3, 0.4) is 0 Å². The van der Waals surface area contributed by atoms with Gasteiger partial charge in [-0.05, 0) is 62.1 Å². The Morgan fingerprint density at radius 3 is 2.21 bits per heavy atom. The largest absolute Gasteiger partial charge is 0.489 e. The van der Waals surface area contributed by atoms with Crippen LogP contribution in [0.15, 0.2) is 35.2 Å². The van der Waals surface area contributed by atoms with E-state index in [0.717, 1.165) is 22.3 Å². The number of sulfonamides is 1. The minimum absolute atomic E-state index is 0.0447. The summed E-state index contributed by atoms with van der Waals surface area (Å²) in [5, 5.41) is 0. The van der Waals surface area contributed by atoms with E-state index in [4.69, 9.17) is 4.74 Å². The number of para-hydroxylation sites is 1. The highest BCUT2D eigenvalue weighted by atomic mass is 32.2. The molecule has 130 valence electrons. The molecule has 2 rings (SSSR count). The fraction of sp³-hybridized carbons (Fsp3) is 0.333. The second-order valence-corrected chi connectivity index (χ2v) is 7.47. The summed E-state index contributed by atoms with van der Waals surface area (Å²) in [6.45, 7) is 7.48. The smallest absolute Gasteiger partial charge is 0.241 e. The van der Waals surface area contributed by atoms with E-state index in [-0.39, 0.29) is 18.9 Å². The van der Waals surface area contributed by atoms with Crippen molar-refractivity contribution in [1.29, 1.82) is 0 Å². The molecule has 6 heteroatoms. The van der Waals surface area contributed by atoms with Crippen molar-refractivity contribution in [2.24, 2.45) is 0 Å². The van der Waals surface area contributed by atoms with Crippen LogP contribution in [0.5, 0.6) is 5.75 Å². The maximum absolute atomic E-state index is 13.4. The zero-order valence-electron chi connectivity index (χ0n) is 14.3. The lowest BCUT2D eigenvalue weighted by atomic mass is 10.0. The Kier molecular flexibility index (Phi) is 5.62. The van der Waals surface area contributed by atoms with Crippen LogP contribution < -0.4 is 9.46 Å². The van der Waals surface area contributed by atoms with E-state index in [2.05, 4.69) is 4.72 Å². The van der Waals surface area contributed by atoms with Crippen molar-refractivity contribution >= 4 is 10.0 Å². The van der Waals surface area contributed by atoms with E-state index < -0.39 is 15.8 Å². The number of rotatable bonds is 6. The summed E-state index contributed by atoms with van der Waals surface area (Å²) in [6, 6.07) is 8.00. The van der Waals surface area contributed by atoms with Crippen molar-refractivity contribution in [2.75, 3.05) is 13.2 Å². The molecule has 2 aromatic carbocycles. The van der Waals surface area contributed by atoms with Crippen LogP contribution in [0, 0.1) is 33.5 Å². The van der Waals surface area contributed by atoms with Crippen molar-refractivity contribution in [3.05, 3.63) is 58.4 Å². The van der Waals surface area contributed by atoms with Gasteiger partial charge in [-0.25, -0.2) is 17.5 Å². The van der Waals surface area contributed by atoms with Gasteiger partial charge < -0.3 is 4.74 Å². The third kappa shape index (κ3) is 3.94. The van der Waals surface area contributed by atoms with Crippen LogP contribution in [0.4, 0.5) is 4.39 Å². The number of hydrogen-bond donors (Lipinski definition) is 1. The van der Waals surface area contributed by atoms with E-state index in [1.165, 1.54) is 12.1 Å². The summed E-state index contributed by atoms with van der Waals surface area (Å²) in [7, 11) is -3.65. The van der Waals surface area contributed by atoms with Crippen molar-refractivity contribution < 1.29 is 17.5 Å². The first kappa shape index (κ1) is 18.4. The lowest BCUT2D eigenvalue weighted by Crippen LogP contribution is -2.29. The van der Waals surface area contributed by atoms with Gasteiger partial charge in [0.05, 0.1) is 4.90 Å². The lowest BCUT2D eigenvalue weighted by molar-refractivity contribution is 0.306. The van der Waals surface area contributed by atoms with Crippen molar-refractivity contribution in [2.45, 2.75) is 32.6 Å². The van der Waals surface area contributed by atoms with E-state index in [9.17, 15) is 12.8 Å². The molecule has 0 aliphatic rings. The molecule has 0 fully saturated rings. The molecule has 0 aliphatic carbocycles. The Hall–Kier alpha value is -1.92. The van der Waals surface area contributed by atoms with E-state index in [0.29, 0.717) is 4.90 Å². The summed E-state index contributed by atoms with van der Waals surface area (Å²) in [5.41, 5.74) is 3.34. The molecule has 0 unspecified atom stereocenters. The third-order valence-electron chi connectivity index (χ3n) is 4.05. The zero-order chi connectivity index (χ0) is 17.9. The van der Waals surface area contributed by atoms with E-state index >= 15 is 0 Å². The minimum atomic E-state index is -3.65. The number of aryl methyl sites for hydroxylation is 2. The number of ether oxygens (including phenoxy) is 1. The molecule has 0 aromatic heterocycles. The number of benzene rings is 2. The molecule has 24 heavy (non-hydrogen) atoms. The molecular weight excluding hydrogens is 329 g/mol. The third-order valence-corrected chi connectivity index (χ3v) is 5.79. The molecular formula is C18H22FNO3S. The highest BCUT2D eigenvalue weighted by molar-refractivity contribution is 7.89. The summed E-state index contributed by atoms with van der Waals surface area (Å²) < 4.78 is 46.5. The van der Waals surface area contributed by atoms with Gasteiger partial charge in [0, 0.05) is 6.54 Å². The highest BCUT2D eigenvalue weighted by Gasteiger charge is 2.21. The quantitative estimate of drug-likeness (QED) is 0.812. The minimum Gasteiger partial charge on any atom is -0.489 e. The maximum atomic E-state index is 13.4. The van der Waals surface area contributed by atoms with Gasteiger partial charge in [-0.2, -0.15) is 0 Å². The number of nitrogens with one attached hydrogen (secondary N) is 1. The van der Waals surface area contributed by atoms with E-state index in [1.54, 1.807) is 26.0 Å². The SMILES string of the molecule is Cc1cc(C)c(C)c(S(=O)(=O)NCCOc2ccccc2F)c1C. The topological polar surface area (TPSA) is 55.4 Å². The first-order valence-electron chi connectivity index (χ1n) is 7.68. The molecule has 0 amide bonds. The molecule has 2 aromatic rings. The van der Waals surface area contributed by atoms with E-state index in [1.807, 2.05) is 19.9 Å². The maximum Gasteiger partial charge on any atom is 0.241 e. The predicted octanol–water partition coefficient (Wildman–Crippen LogP) is 3.42. The van der Waals surface area contributed by atoms with Gasteiger partial charge in [0.15, 0.2) is 11.6 Å². The van der Waals surface area contributed by atoms with Crippen LogP contribution in [0.25, 0.3) is 0 Å². The fourth-order valence-corrected chi connectivity index (χ4v) is 4.18. The van der Waals surface area contributed by atoms with Gasteiger partial charge in [-0.1, -0.05) is 18.2 Å². The number of halogens is 1. The second-order valence-electron chi connectivity index (χ2n) is 5.77. The molecule has 0 atom stereocenters. The van der Waals surface area contributed by atoms with Gasteiger partial charge in [-0.15, -0.1) is 0 Å². The van der Waals surface area contributed by atoms with Crippen molar-refractivity contribution in [3.63, 3.8) is 0 Å². The Labute approximate surface area is 142 Å². The molecule has 0 saturated heterocycles. The van der Waals surface area contributed by atoms with Crippen molar-refractivity contribution in [3.8, 4) is 5.75 Å². The Bertz CT molecular complexity index is 821. The molecule has 0 spiro atoms. The lowest BCUT2D eigenvalue weighted by Gasteiger charge is -2.16. The normalized spacial score (nSPS) is 11.5. The summed E-state index contributed by atoms with van der Waals surface area (Å²) in [6.07, 6.45) is 0. The first-order valence-corrected chi connectivity index (χ1v) is 9.16. The molecule has 0 radical (unpaired) electrons. The molecule has 1 N–H and O–H groups in total. The Morgan fingerprint density at radius 2 is 1.62 bits per heavy atom. The Morgan fingerprint density at radius 1 is 1.04 bits per heavy atom. The molecule has 0 heterocycles. The zero-order valence-corrected chi connectivity index (χ0v) is 15.1. The standard InChI is InChI=1S/C18H22FNO3S/c1-12-11-13(2)15(4)18(14(12)3)24(21,22)20-9-10-23-17-8-6-5-7-16(17)19/h5-8,11,20H,9-10H2,1-4H3. The summed E-state index contributed by atoms with van der Waals surface area (Å²) in [4.78, 5) is 0.311. The predicted molar refractivity (Wildman–Crippen MR) is 92.5 cm³/mol. The molecule has 0 aliphatic heterocycles. The first-order chi connectivity index (χ1) is 11.2. The van der Waals surface area contributed by atoms with Gasteiger partial charge in [0.1, 0.15) is 6.61 Å². The van der Waals surface area contributed by atoms with Gasteiger partial charge in [-0.3, -0.25) is 0 Å². The van der Waals surface area contributed by atoms with Crippen LogP contribution >= 0.6 is 0 Å². The summed E-state index contributed by atoms with van der Waals surface area (Å²) in [5.74, 6) is -0.364. The fourth-order valence-electron chi connectivity index (χ4n) is 2.55. The molecule has 4 nitrogen and oxygen atoms in total. The van der Waals surface area contributed by atoms with Crippen molar-refractivity contribution in [1.82, 2.24) is 4.72 Å². The van der Waals surface area contributed by atoms with Gasteiger partial charge in [0.2, 0.25) is 10.0 Å². The van der Waals surface area contributed by atoms with Crippen LogP contribution in [-0.4, -0.2) is 21.6 Å². The summed E-state index contributed by atoms with van der Waals surface area (Å²) >= 11 is 0. The van der Waals surface area contributed by atoms with Gasteiger partial charge >= 0.3 is 0 Å². The molecule has 0 bridgehead atoms. The van der Waals surface area contributed by atoms with Crippen LogP contribution in [0.1, 0.15) is 22.3 Å². The Balaban J connectivity index is 2.09. The van der Waals surface area contributed by atoms with Gasteiger partial charge in [0.25, 0.3) is 0 Å². The average Bonchev–Trinajstić information content (AvgIpc) is 2.51. The van der Waals surface area contributed by atoms with Crippen LogP contribution in [-0.2, 0) is 10.0 Å².